The summed E-state index contributed by atoms with van der Waals surface area (Å²) in [6, 6.07) is 6.57. The monoisotopic (exact) mass is 572 g/mol. The number of aromatic nitrogens is 2. The number of imidazole rings is 1. The van der Waals surface area contributed by atoms with E-state index in [1.807, 2.05) is 20.8 Å². The molecule has 41 heavy (non-hydrogen) atoms. The maximum absolute atomic E-state index is 13.3. The highest BCUT2D eigenvalue weighted by Crippen LogP contribution is 2.37. The van der Waals surface area contributed by atoms with E-state index >= 15 is 0 Å². The Hall–Kier alpha value is -4.09. The number of methoxy groups -OCH3 is 1. The van der Waals surface area contributed by atoms with Gasteiger partial charge in [0.1, 0.15) is 34.1 Å². The van der Waals surface area contributed by atoms with Crippen LogP contribution in [-0.4, -0.2) is 71.3 Å². The van der Waals surface area contributed by atoms with Crippen molar-refractivity contribution in [3.05, 3.63) is 42.2 Å². The van der Waals surface area contributed by atoms with E-state index in [1.165, 1.54) is 13.2 Å². The molecule has 220 valence electrons. The number of pyridine rings is 1. The van der Waals surface area contributed by atoms with Gasteiger partial charge in [0, 0.05) is 42.9 Å². The molecule has 0 bridgehead atoms. The summed E-state index contributed by atoms with van der Waals surface area (Å²) < 4.78 is 50.0. The summed E-state index contributed by atoms with van der Waals surface area (Å²) in [5.41, 5.74) is 1.02. The molecule has 2 aliphatic rings. The number of hydrogen-bond acceptors (Lipinski definition) is 7. The Morgan fingerprint density at radius 1 is 1.15 bits per heavy atom. The number of nitrogens with one attached hydrogen (secondary N) is 1. The second-order valence-electron chi connectivity index (χ2n) is 11.3. The predicted octanol–water partition coefficient (Wildman–Crippen LogP) is 5.14. The molecule has 12 heteroatoms. The minimum atomic E-state index is -3.12. The maximum atomic E-state index is 13.3. The highest BCUT2D eigenvalue weighted by molar-refractivity contribution is 6.01. The molecule has 2 amide bonds. The van der Waals surface area contributed by atoms with Crippen LogP contribution < -0.4 is 19.5 Å². The van der Waals surface area contributed by atoms with Gasteiger partial charge in [-0.3, -0.25) is 9.20 Å². The van der Waals surface area contributed by atoms with Gasteiger partial charge in [0.25, 0.3) is 5.91 Å². The van der Waals surface area contributed by atoms with Gasteiger partial charge in [-0.05, 0) is 58.2 Å². The second-order valence-corrected chi connectivity index (χ2v) is 11.3. The van der Waals surface area contributed by atoms with Crippen molar-refractivity contribution in [2.75, 3.05) is 26.8 Å². The number of alkyl halides is 2. The van der Waals surface area contributed by atoms with E-state index < -0.39 is 18.1 Å². The van der Waals surface area contributed by atoms with Crippen LogP contribution in [0.5, 0.6) is 17.2 Å². The first-order chi connectivity index (χ1) is 19.5. The van der Waals surface area contributed by atoms with Crippen LogP contribution in [0.4, 0.5) is 13.6 Å². The Bertz CT molecular complexity index is 1430. The summed E-state index contributed by atoms with van der Waals surface area (Å²) in [4.78, 5) is 31.3. The average molecular weight is 573 g/mol. The Labute approximate surface area is 236 Å². The zero-order valence-corrected chi connectivity index (χ0v) is 23.5. The van der Waals surface area contributed by atoms with E-state index in [9.17, 15) is 18.4 Å². The van der Waals surface area contributed by atoms with E-state index in [0.29, 0.717) is 42.4 Å². The quantitative estimate of drug-likeness (QED) is 0.379. The molecule has 1 saturated heterocycles. The Morgan fingerprint density at radius 3 is 2.59 bits per heavy atom. The number of carbonyl (C=O) groups excluding carboxylic acids is 2. The van der Waals surface area contributed by atoms with Gasteiger partial charge >= 0.3 is 12.7 Å². The van der Waals surface area contributed by atoms with Crippen molar-refractivity contribution in [3.63, 3.8) is 0 Å². The van der Waals surface area contributed by atoms with Gasteiger partial charge in [-0.25, -0.2) is 9.78 Å². The number of benzene rings is 1. The number of nitrogens with zero attached hydrogens (tertiary/aromatic N) is 3. The van der Waals surface area contributed by atoms with Gasteiger partial charge in [-0.1, -0.05) is 0 Å². The smallest absolute Gasteiger partial charge is 0.410 e. The molecule has 3 aromatic rings. The Balaban J connectivity index is 1.32. The molecular weight excluding hydrogens is 538 g/mol. The van der Waals surface area contributed by atoms with Crippen LogP contribution in [-0.2, 0) is 4.74 Å². The molecule has 0 unspecified atom stereocenters. The number of fused-ring (bicyclic) bond motifs is 1. The van der Waals surface area contributed by atoms with E-state index in [4.69, 9.17) is 18.9 Å². The van der Waals surface area contributed by atoms with E-state index in [0.717, 1.165) is 19.3 Å². The summed E-state index contributed by atoms with van der Waals surface area (Å²) in [6.07, 6.45) is 5.55. The number of carbonyl (C=O) groups is 2. The number of halogens is 2. The lowest BCUT2D eigenvalue weighted by Crippen LogP contribution is -2.35. The van der Waals surface area contributed by atoms with Crippen LogP contribution in [0.2, 0.25) is 0 Å². The molecule has 1 aliphatic heterocycles. The van der Waals surface area contributed by atoms with E-state index in [-0.39, 0.29) is 35.1 Å². The van der Waals surface area contributed by atoms with Crippen molar-refractivity contribution in [2.24, 2.45) is 5.92 Å². The molecule has 2 aromatic heterocycles. The lowest BCUT2D eigenvalue weighted by molar-refractivity contribution is -0.0502. The highest BCUT2D eigenvalue weighted by atomic mass is 19.3. The normalized spacial score (nSPS) is 17.1. The molecule has 1 atom stereocenters. The van der Waals surface area contributed by atoms with Gasteiger partial charge in [0.05, 0.1) is 25.6 Å². The first-order valence-corrected chi connectivity index (χ1v) is 13.6. The summed E-state index contributed by atoms with van der Waals surface area (Å²) in [6.45, 7) is 4.01. The van der Waals surface area contributed by atoms with Gasteiger partial charge in [0.15, 0.2) is 0 Å². The number of hydrogen-bond donors (Lipinski definition) is 1. The first kappa shape index (κ1) is 28.4. The fourth-order valence-corrected chi connectivity index (χ4v) is 4.74. The van der Waals surface area contributed by atoms with Crippen LogP contribution in [0.1, 0.15) is 50.4 Å². The van der Waals surface area contributed by atoms with Crippen molar-refractivity contribution in [1.82, 2.24) is 19.6 Å². The van der Waals surface area contributed by atoms with Gasteiger partial charge < -0.3 is 29.2 Å². The number of likely N-dealkylation sites (tertiary alicyclic amines) is 1. The Kier molecular flexibility index (Phi) is 7.92. The molecule has 10 nitrogen and oxygen atoms in total. The van der Waals surface area contributed by atoms with Gasteiger partial charge in [-0.15, -0.1) is 0 Å². The second kappa shape index (κ2) is 11.4. The zero-order valence-electron chi connectivity index (χ0n) is 23.5. The third-order valence-electron chi connectivity index (χ3n) is 6.85. The molecule has 0 spiro atoms. The third kappa shape index (κ3) is 6.80. The molecule has 1 saturated carbocycles. The van der Waals surface area contributed by atoms with Crippen molar-refractivity contribution in [3.8, 4) is 28.5 Å². The maximum Gasteiger partial charge on any atom is 0.410 e. The minimum Gasteiger partial charge on any atom is -0.496 e. The fraction of sp³-hybridized carbons (Fsp3) is 0.483. The minimum absolute atomic E-state index is 0.0269. The number of ether oxygens (including phenoxy) is 4. The summed E-state index contributed by atoms with van der Waals surface area (Å²) in [5.74, 6) is 0.0905. The van der Waals surface area contributed by atoms with Crippen molar-refractivity contribution in [2.45, 2.75) is 58.3 Å². The summed E-state index contributed by atoms with van der Waals surface area (Å²) in [5, 5.41) is 2.80. The first-order valence-electron chi connectivity index (χ1n) is 13.6. The third-order valence-corrected chi connectivity index (χ3v) is 6.85. The van der Waals surface area contributed by atoms with E-state index in [1.54, 1.807) is 39.9 Å². The largest absolute Gasteiger partial charge is 0.496 e. The predicted molar refractivity (Wildman–Crippen MR) is 146 cm³/mol. The summed E-state index contributed by atoms with van der Waals surface area (Å²) >= 11 is 0. The molecule has 1 aliphatic carbocycles. The van der Waals surface area contributed by atoms with Crippen LogP contribution in [0, 0.1) is 5.92 Å². The fourth-order valence-electron chi connectivity index (χ4n) is 4.74. The van der Waals surface area contributed by atoms with Crippen LogP contribution in [0.15, 0.2) is 36.7 Å². The van der Waals surface area contributed by atoms with Gasteiger partial charge in [0.2, 0.25) is 0 Å². The standard InChI is InChI=1S/C29H34F2N4O6/c1-29(2,3)41-28(37)34-9-7-17(15-34)16-39-20-8-10-35-21(14-32-24(35)13-20)18-11-22(38-4)25(23(12-18)40-27(30)31)26(36)33-19-5-6-19/h8,10-14,17,19,27H,5-7,9,15-16H2,1-4H3,(H,33,36)/t17-/m0/s1. The molecular formula is C29H34F2N4O6. The molecule has 1 aromatic carbocycles. The molecule has 3 heterocycles. The van der Waals surface area contributed by atoms with Crippen molar-refractivity contribution in [1.29, 1.82) is 0 Å². The topological polar surface area (TPSA) is 104 Å². The lowest BCUT2D eigenvalue weighted by Gasteiger charge is -2.24. The summed E-state index contributed by atoms with van der Waals surface area (Å²) in [7, 11) is 1.37. The molecule has 1 N–H and O–H groups in total. The van der Waals surface area contributed by atoms with Crippen LogP contribution in [0.25, 0.3) is 16.9 Å². The zero-order chi connectivity index (χ0) is 29.3. The van der Waals surface area contributed by atoms with Gasteiger partial charge in [-0.2, -0.15) is 8.78 Å². The molecule has 0 radical (unpaired) electrons. The van der Waals surface area contributed by atoms with Crippen molar-refractivity contribution < 1.29 is 37.3 Å². The molecule has 5 rings (SSSR count). The Morgan fingerprint density at radius 2 is 1.90 bits per heavy atom. The SMILES string of the molecule is COc1cc(-c2cnc3cc(OC[C@H]4CCN(C(=O)OC(C)(C)C)C4)ccn23)cc(OC(F)F)c1C(=O)NC1CC1. The lowest BCUT2D eigenvalue weighted by atomic mass is 10.1. The number of rotatable bonds is 9. The van der Waals surface area contributed by atoms with Crippen molar-refractivity contribution >= 4 is 17.6 Å². The highest BCUT2D eigenvalue weighted by Gasteiger charge is 2.31. The van der Waals surface area contributed by atoms with E-state index in [2.05, 4.69) is 10.3 Å². The number of amides is 2. The molecule has 2 fully saturated rings. The van der Waals surface area contributed by atoms with Crippen LogP contribution in [0.3, 0.4) is 0 Å². The van der Waals surface area contributed by atoms with Crippen LogP contribution >= 0.6 is 0 Å². The average Bonchev–Trinajstić information content (AvgIpc) is 3.41.